The Morgan fingerprint density at radius 1 is 0.875 bits per heavy atom. The van der Waals surface area contributed by atoms with E-state index < -0.39 is 0 Å². The summed E-state index contributed by atoms with van der Waals surface area (Å²) in [5.74, 6) is 4.29. The summed E-state index contributed by atoms with van der Waals surface area (Å²) in [6.45, 7) is 2.37. The lowest BCUT2D eigenvalue weighted by molar-refractivity contribution is 0.460. The van der Waals surface area contributed by atoms with E-state index in [1.165, 1.54) is 37.4 Å². The minimum Gasteiger partial charge on any atom is -0.317 e. The Balaban J connectivity index is 1.70. The van der Waals surface area contributed by atoms with Crippen LogP contribution < -0.4 is 5.32 Å². The van der Waals surface area contributed by atoms with E-state index in [0.717, 1.165) is 11.8 Å². The van der Waals surface area contributed by atoms with E-state index in [-0.39, 0.29) is 0 Å². The Kier molecular flexibility index (Phi) is 3.20. The molecule has 0 amide bonds. The van der Waals surface area contributed by atoms with Gasteiger partial charge in [0.05, 0.1) is 0 Å². The zero-order chi connectivity index (χ0) is 10.8. The van der Waals surface area contributed by atoms with Gasteiger partial charge in [-0.25, -0.2) is 0 Å². The first-order valence-corrected chi connectivity index (χ1v) is 7.47. The largest absolute Gasteiger partial charge is 0.317 e. The van der Waals surface area contributed by atoms with Crippen LogP contribution in [0.15, 0.2) is 24.3 Å². The molecule has 0 atom stereocenters. The molecule has 0 radical (unpaired) electrons. The van der Waals surface area contributed by atoms with Gasteiger partial charge in [-0.15, -0.1) is 0 Å². The topological polar surface area (TPSA) is 12.0 Å². The number of thioether (sulfide) groups is 1. The summed E-state index contributed by atoms with van der Waals surface area (Å²) in [6, 6.07) is 9.46. The van der Waals surface area contributed by atoms with Gasteiger partial charge in [0.15, 0.2) is 0 Å². The van der Waals surface area contributed by atoms with Gasteiger partial charge in [0.25, 0.3) is 0 Å². The van der Waals surface area contributed by atoms with E-state index in [1.54, 1.807) is 11.1 Å². The normalized spacial score (nSPS) is 23.0. The third-order valence-electron chi connectivity index (χ3n) is 3.86. The van der Waals surface area contributed by atoms with Crippen LogP contribution in [-0.4, -0.2) is 24.6 Å². The Labute approximate surface area is 102 Å². The first-order valence-electron chi connectivity index (χ1n) is 6.32. The fourth-order valence-corrected chi connectivity index (χ4v) is 3.48. The number of piperidine rings is 1. The Hall–Kier alpha value is -0.470. The van der Waals surface area contributed by atoms with Gasteiger partial charge in [-0.2, -0.15) is 11.8 Å². The minimum atomic E-state index is 0.797. The predicted octanol–water partition coefficient (Wildman–Crippen LogP) is 2.98. The average Bonchev–Trinajstić information content (AvgIpc) is 2.29. The molecule has 0 saturated carbocycles. The van der Waals surface area contributed by atoms with Gasteiger partial charge in [0, 0.05) is 17.4 Å². The van der Waals surface area contributed by atoms with E-state index >= 15 is 0 Å². The summed E-state index contributed by atoms with van der Waals surface area (Å²) in [6.07, 6.45) is 2.61. The summed E-state index contributed by atoms with van der Waals surface area (Å²) in [5, 5.41) is 3.43. The molecule has 86 valence electrons. The monoisotopic (exact) mass is 233 g/mol. The molecule has 1 aromatic carbocycles. The van der Waals surface area contributed by atoms with Crippen LogP contribution in [0.4, 0.5) is 0 Å². The van der Waals surface area contributed by atoms with Crippen molar-refractivity contribution in [3.8, 4) is 0 Å². The molecule has 2 fully saturated rings. The van der Waals surface area contributed by atoms with Crippen molar-refractivity contribution in [2.45, 2.75) is 24.7 Å². The van der Waals surface area contributed by atoms with Gasteiger partial charge in [-0.05, 0) is 43.0 Å². The predicted molar refractivity (Wildman–Crippen MR) is 71.4 cm³/mol. The second kappa shape index (κ2) is 4.80. The molecule has 0 aliphatic carbocycles. The van der Waals surface area contributed by atoms with Gasteiger partial charge in [0.1, 0.15) is 0 Å². The molecule has 3 rings (SSSR count). The van der Waals surface area contributed by atoms with Crippen LogP contribution in [0, 0.1) is 0 Å². The molecule has 1 N–H and O–H groups in total. The van der Waals surface area contributed by atoms with E-state index in [0.29, 0.717) is 0 Å². The molecular formula is C14H19NS. The summed E-state index contributed by atoms with van der Waals surface area (Å²) in [4.78, 5) is 0. The lowest BCUT2D eigenvalue weighted by Crippen LogP contribution is -2.26. The van der Waals surface area contributed by atoms with Crippen molar-refractivity contribution in [3.05, 3.63) is 35.4 Å². The standard InChI is InChI=1S/C14H19NS/c1-3-12(14-9-16-10-14)4-2-11(1)13-5-7-15-8-6-13/h1-4,13-15H,5-10H2. The molecule has 0 bridgehead atoms. The van der Waals surface area contributed by atoms with Gasteiger partial charge in [-0.1, -0.05) is 24.3 Å². The van der Waals surface area contributed by atoms with E-state index in [9.17, 15) is 0 Å². The SMILES string of the molecule is c1cc(C2CSC2)ccc1C1CCNCC1. The molecule has 2 heteroatoms. The number of benzene rings is 1. The molecule has 0 spiro atoms. The fourth-order valence-electron chi connectivity index (χ4n) is 2.62. The Bertz CT molecular complexity index is 336. The van der Waals surface area contributed by atoms with Gasteiger partial charge in [0.2, 0.25) is 0 Å². The van der Waals surface area contributed by atoms with Crippen molar-refractivity contribution < 1.29 is 0 Å². The van der Waals surface area contributed by atoms with Crippen molar-refractivity contribution in [3.63, 3.8) is 0 Å². The molecule has 0 unspecified atom stereocenters. The maximum absolute atomic E-state index is 3.43. The minimum absolute atomic E-state index is 0.797. The molecule has 2 aliphatic rings. The number of rotatable bonds is 2. The average molecular weight is 233 g/mol. The van der Waals surface area contributed by atoms with Gasteiger partial charge >= 0.3 is 0 Å². The van der Waals surface area contributed by atoms with Crippen molar-refractivity contribution in [2.75, 3.05) is 24.6 Å². The quantitative estimate of drug-likeness (QED) is 0.843. The summed E-state index contributed by atoms with van der Waals surface area (Å²) in [5.41, 5.74) is 3.11. The Morgan fingerprint density at radius 3 is 1.94 bits per heavy atom. The van der Waals surface area contributed by atoms with Crippen LogP contribution in [0.25, 0.3) is 0 Å². The van der Waals surface area contributed by atoms with E-state index in [4.69, 9.17) is 0 Å². The van der Waals surface area contributed by atoms with Crippen LogP contribution >= 0.6 is 11.8 Å². The molecule has 0 aromatic heterocycles. The number of nitrogens with one attached hydrogen (secondary N) is 1. The Morgan fingerprint density at radius 2 is 1.44 bits per heavy atom. The maximum atomic E-state index is 3.43. The fraction of sp³-hybridized carbons (Fsp3) is 0.571. The van der Waals surface area contributed by atoms with Gasteiger partial charge in [-0.3, -0.25) is 0 Å². The van der Waals surface area contributed by atoms with E-state index in [1.807, 2.05) is 0 Å². The second-order valence-electron chi connectivity index (χ2n) is 4.93. The molecule has 1 aromatic rings. The molecule has 1 nitrogen and oxygen atoms in total. The van der Waals surface area contributed by atoms with E-state index in [2.05, 4.69) is 41.3 Å². The zero-order valence-electron chi connectivity index (χ0n) is 9.61. The highest BCUT2D eigenvalue weighted by Crippen LogP contribution is 2.35. The number of hydrogen-bond acceptors (Lipinski definition) is 2. The molecule has 2 heterocycles. The molecule has 2 saturated heterocycles. The highest BCUT2D eigenvalue weighted by Gasteiger charge is 2.20. The van der Waals surface area contributed by atoms with Crippen LogP contribution in [0.5, 0.6) is 0 Å². The van der Waals surface area contributed by atoms with Crippen molar-refractivity contribution in [1.82, 2.24) is 5.32 Å². The van der Waals surface area contributed by atoms with Crippen molar-refractivity contribution in [1.29, 1.82) is 0 Å². The van der Waals surface area contributed by atoms with Crippen molar-refractivity contribution in [2.24, 2.45) is 0 Å². The van der Waals surface area contributed by atoms with Crippen molar-refractivity contribution >= 4 is 11.8 Å². The highest BCUT2D eigenvalue weighted by atomic mass is 32.2. The lowest BCUT2D eigenvalue weighted by atomic mass is 9.89. The molecule has 16 heavy (non-hydrogen) atoms. The molecule has 2 aliphatic heterocycles. The van der Waals surface area contributed by atoms with Gasteiger partial charge < -0.3 is 5.32 Å². The third-order valence-corrected chi connectivity index (χ3v) is 5.13. The summed E-state index contributed by atoms with van der Waals surface area (Å²) >= 11 is 2.06. The molecular weight excluding hydrogens is 214 g/mol. The summed E-state index contributed by atoms with van der Waals surface area (Å²) < 4.78 is 0. The zero-order valence-corrected chi connectivity index (χ0v) is 10.4. The highest BCUT2D eigenvalue weighted by molar-refractivity contribution is 8.00. The summed E-state index contributed by atoms with van der Waals surface area (Å²) in [7, 11) is 0. The first kappa shape index (κ1) is 10.7. The van der Waals surface area contributed by atoms with Crippen LogP contribution in [-0.2, 0) is 0 Å². The lowest BCUT2D eigenvalue weighted by Gasteiger charge is -2.27. The number of hydrogen-bond donors (Lipinski definition) is 1. The maximum Gasteiger partial charge on any atom is 0.00198 e. The smallest absolute Gasteiger partial charge is 0.00198 e. The van der Waals surface area contributed by atoms with Crippen LogP contribution in [0.2, 0.25) is 0 Å². The first-order chi connectivity index (χ1) is 7.93. The second-order valence-corrected chi connectivity index (χ2v) is 6.00. The van der Waals surface area contributed by atoms with Crippen LogP contribution in [0.1, 0.15) is 35.8 Å². The third kappa shape index (κ3) is 2.14. The van der Waals surface area contributed by atoms with Crippen LogP contribution in [0.3, 0.4) is 0 Å².